The molecule has 2 heterocycles. The second kappa shape index (κ2) is 3.59. The molecule has 7 nitrogen and oxygen atoms in total. The number of hydrogen-bond acceptors (Lipinski definition) is 3. The van der Waals surface area contributed by atoms with Crippen molar-refractivity contribution in [2.45, 2.75) is 0 Å². The largest absolute Gasteiger partial charge is 0.332 e. The Hall–Kier alpha value is -2.83. The lowest BCUT2D eigenvalue weighted by atomic mass is 10.2. The van der Waals surface area contributed by atoms with Crippen LogP contribution < -0.4 is 16.9 Å². The minimum atomic E-state index is -0.528. The maximum atomic E-state index is 11.6. The third-order valence-corrected chi connectivity index (χ3v) is 2.60. The molecule has 2 aromatic heterocycles. The van der Waals surface area contributed by atoms with E-state index in [1.807, 2.05) is 0 Å². The number of imidazole rings is 1. The molecule has 3 rings (SSSR count). The van der Waals surface area contributed by atoms with Crippen LogP contribution >= 0.6 is 0 Å². The maximum Gasteiger partial charge on any atom is 0.332 e. The monoisotopic (exact) mass is 244 g/mol. The Morgan fingerprint density at radius 2 is 1.67 bits per heavy atom. The molecule has 3 N–H and O–H groups in total. The van der Waals surface area contributed by atoms with Crippen molar-refractivity contribution in [1.82, 2.24) is 19.5 Å². The number of aromatic amines is 3. The van der Waals surface area contributed by atoms with E-state index in [-0.39, 0.29) is 5.69 Å². The number of H-pyrrole nitrogens is 3. The van der Waals surface area contributed by atoms with E-state index in [4.69, 9.17) is 0 Å². The number of hydrogen-bond donors (Lipinski definition) is 3. The van der Waals surface area contributed by atoms with Gasteiger partial charge < -0.3 is 9.97 Å². The molecule has 0 bridgehead atoms. The van der Waals surface area contributed by atoms with E-state index >= 15 is 0 Å². The molecule has 1 aromatic carbocycles. The average molecular weight is 244 g/mol. The molecule has 0 fully saturated rings. The van der Waals surface area contributed by atoms with E-state index in [1.165, 1.54) is 16.8 Å². The summed E-state index contributed by atoms with van der Waals surface area (Å²) in [5.41, 5.74) is 0.513. The Morgan fingerprint density at radius 3 is 2.44 bits per heavy atom. The number of nitrogens with zero attached hydrogens (tertiary/aromatic N) is 1. The van der Waals surface area contributed by atoms with Gasteiger partial charge in [-0.2, -0.15) is 0 Å². The molecule has 7 heteroatoms. The van der Waals surface area contributed by atoms with E-state index in [1.54, 1.807) is 18.2 Å². The molecule has 3 aromatic rings. The van der Waals surface area contributed by atoms with Crippen molar-refractivity contribution >= 4 is 11.0 Å². The van der Waals surface area contributed by atoms with Crippen molar-refractivity contribution in [2.24, 2.45) is 0 Å². The Kier molecular flexibility index (Phi) is 2.06. The zero-order valence-electron chi connectivity index (χ0n) is 9.06. The summed E-state index contributed by atoms with van der Waals surface area (Å²) in [5.74, 6) is 0. The average Bonchev–Trinajstić information content (AvgIpc) is 2.68. The molecule has 0 unspecified atom stereocenters. The molecule has 0 saturated heterocycles. The second-order valence-corrected chi connectivity index (χ2v) is 3.79. The Balaban J connectivity index is 2.28. The van der Waals surface area contributed by atoms with E-state index in [0.29, 0.717) is 16.7 Å². The normalized spacial score (nSPS) is 10.9. The van der Waals surface area contributed by atoms with Crippen LogP contribution in [0.15, 0.2) is 44.8 Å². The van der Waals surface area contributed by atoms with Gasteiger partial charge in [0.25, 0.3) is 5.56 Å². The summed E-state index contributed by atoms with van der Waals surface area (Å²) in [6.45, 7) is 0. The predicted molar refractivity (Wildman–Crippen MR) is 65.1 cm³/mol. The van der Waals surface area contributed by atoms with E-state index in [2.05, 4.69) is 15.0 Å². The molecule has 0 aliphatic carbocycles. The Bertz CT molecular complexity index is 897. The highest BCUT2D eigenvalue weighted by atomic mass is 16.2. The van der Waals surface area contributed by atoms with Gasteiger partial charge in [0.05, 0.1) is 16.7 Å². The van der Waals surface area contributed by atoms with Gasteiger partial charge in [0.1, 0.15) is 0 Å². The fourth-order valence-corrected chi connectivity index (χ4v) is 1.79. The van der Waals surface area contributed by atoms with Gasteiger partial charge >= 0.3 is 11.4 Å². The van der Waals surface area contributed by atoms with Gasteiger partial charge in [-0.3, -0.25) is 14.3 Å². The van der Waals surface area contributed by atoms with Gasteiger partial charge in [0.2, 0.25) is 0 Å². The van der Waals surface area contributed by atoms with Crippen LogP contribution in [0, 0.1) is 0 Å². The van der Waals surface area contributed by atoms with Crippen LogP contribution in [0.1, 0.15) is 0 Å². The van der Waals surface area contributed by atoms with Crippen LogP contribution in [0.4, 0.5) is 0 Å². The van der Waals surface area contributed by atoms with Crippen molar-refractivity contribution < 1.29 is 0 Å². The standard InChI is InChI=1S/C11H8N4O3/c16-9-3-4-15(11(18)14-9)6-1-2-7-8(5-6)13-10(17)12-7/h1-5H,(H2,12,13,17)(H,14,16,18). The highest BCUT2D eigenvalue weighted by Gasteiger charge is 2.03. The molecule has 0 saturated carbocycles. The van der Waals surface area contributed by atoms with Crippen molar-refractivity contribution in [2.75, 3.05) is 0 Å². The minimum Gasteiger partial charge on any atom is -0.306 e. The number of benzene rings is 1. The third kappa shape index (κ3) is 1.58. The fourth-order valence-electron chi connectivity index (χ4n) is 1.79. The van der Waals surface area contributed by atoms with Crippen molar-refractivity contribution in [3.63, 3.8) is 0 Å². The molecular formula is C11H8N4O3. The summed E-state index contributed by atoms with van der Waals surface area (Å²) in [5, 5.41) is 0. The lowest BCUT2D eigenvalue weighted by Gasteiger charge is -2.03. The zero-order valence-corrected chi connectivity index (χ0v) is 9.06. The summed E-state index contributed by atoms with van der Waals surface area (Å²) in [4.78, 5) is 41.1. The van der Waals surface area contributed by atoms with Crippen LogP contribution in [-0.4, -0.2) is 19.5 Å². The Morgan fingerprint density at radius 1 is 0.889 bits per heavy atom. The summed E-state index contributed by atoms with van der Waals surface area (Å²) in [6.07, 6.45) is 1.38. The number of nitrogens with one attached hydrogen (secondary N) is 3. The molecule has 0 radical (unpaired) electrons. The molecule has 0 atom stereocenters. The maximum absolute atomic E-state index is 11.6. The van der Waals surface area contributed by atoms with Crippen LogP contribution in [-0.2, 0) is 0 Å². The molecular weight excluding hydrogens is 236 g/mol. The van der Waals surface area contributed by atoms with Gasteiger partial charge in [-0.1, -0.05) is 0 Å². The van der Waals surface area contributed by atoms with E-state index < -0.39 is 11.2 Å². The number of fused-ring (bicyclic) bond motifs is 1. The number of aromatic nitrogens is 4. The quantitative estimate of drug-likeness (QED) is 0.547. The lowest BCUT2D eigenvalue weighted by molar-refractivity contribution is 0.897. The zero-order chi connectivity index (χ0) is 12.7. The SMILES string of the molecule is O=c1ccn(-c2ccc3[nH]c(=O)[nH]c3c2)c(=O)[nH]1. The lowest BCUT2D eigenvalue weighted by Crippen LogP contribution is -2.27. The summed E-state index contributed by atoms with van der Waals surface area (Å²) in [7, 11) is 0. The Labute approximate surface area is 98.7 Å². The van der Waals surface area contributed by atoms with Gasteiger partial charge in [0, 0.05) is 12.3 Å². The molecule has 18 heavy (non-hydrogen) atoms. The fraction of sp³-hybridized carbons (Fsp3) is 0. The topological polar surface area (TPSA) is 104 Å². The van der Waals surface area contributed by atoms with E-state index in [9.17, 15) is 14.4 Å². The highest BCUT2D eigenvalue weighted by molar-refractivity contribution is 5.76. The van der Waals surface area contributed by atoms with Gasteiger partial charge in [0.15, 0.2) is 0 Å². The van der Waals surface area contributed by atoms with Crippen LogP contribution in [0.2, 0.25) is 0 Å². The predicted octanol–water partition coefficient (Wildman–Crippen LogP) is -0.305. The second-order valence-electron chi connectivity index (χ2n) is 3.79. The van der Waals surface area contributed by atoms with Crippen molar-refractivity contribution in [1.29, 1.82) is 0 Å². The summed E-state index contributed by atoms with van der Waals surface area (Å²) >= 11 is 0. The molecule has 90 valence electrons. The van der Waals surface area contributed by atoms with Crippen LogP contribution in [0.5, 0.6) is 0 Å². The first kappa shape index (κ1) is 10.3. The molecule has 0 spiro atoms. The van der Waals surface area contributed by atoms with Crippen molar-refractivity contribution in [3.05, 3.63) is 61.8 Å². The van der Waals surface area contributed by atoms with Gasteiger partial charge in [-0.05, 0) is 18.2 Å². The van der Waals surface area contributed by atoms with Crippen molar-refractivity contribution in [3.8, 4) is 5.69 Å². The summed E-state index contributed by atoms with van der Waals surface area (Å²) in [6, 6.07) is 6.25. The smallest absolute Gasteiger partial charge is 0.306 e. The van der Waals surface area contributed by atoms with Gasteiger partial charge in [-0.25, -0.2) is 9.59 Å². The third-order valence-electron chi connectivity index (χ3n) is 2.60. The molecule has 0 aliphatic heterocycles. The first-order valence-corrected chi connectivity index (χ1v) is 5.18. The highest BCUT2D eigenvalue weighted by Crippen LogP contribution is 2.12. The molecule has 0 amide bonds. The van der Waals surface area contributed by atoms with Crippen LogP contribution in [0.3, 0.4) is 0 Å². The summed E-state index contributed by atoms with van der Waals surface area (Å²) < 4.78 is 1.28. The first-order valence-electron chi connectivity index (χ1n) is 5.18. The van der Waals surface area contributed by atoms with Crippen LogP contribution in [0.25, 0.3) is 16.7 Å². The minimum absolute atomic E-state index is 0.309. The van der Waals surface area contributed by atoms with Gasteiger partial charge in [-0.15, -0.1) is 0 Å². The first-order chi connectivity index (χ1) is 8.63. The number of rotatable bonds is 1. The molecule has 0 aliphatic rings. The van der Waals surface area contributed by atoms with E-state index in [0.717, 1.165) is 0 Å².